The molecule has 0 radical (unpaired) electrons. The van der Waals surface area contributed by atoms with Gasteiger partial charge in [0.1, 0.15) is 6.10 Å². The van der Waals surface area contributed by atoms with E-state index in [0.29, 0.717) is 0 Å². The Morgan fingerprint density at radius 3 is 1.85 bits per heavy atom. The summed E-state index contributed by atoms with van der Waals surface area (Å²) in [4.78, 5) is 33.5. The Labute approximate surface area is 121 Å². The summed E-state index contributed by atoms with van der Waals surface area (Å²) in [5.74, 6) is -1.80. The van der Waals surface area contributed by atoms with Crippen LogP contribution in [0.15, 0.2) is 0 Å². The molecule has 1 fully saturated rings. The molecular formula is C12H16O7S. The molecule has 0 spiro atoms. The molecule has 0 amide bonds. The fraction of sp³-hybridized carbons (Fsp3) is 0.667. The van der Waals surface area contributed by atoms with Crippen molar-refractivity contribution in [3.8, 4) is 0 Å². The second-order valence-corrected chi connectivity index (χ2v) is 4.72. The molecule has 1 rings (SSSR count). The lowest BCUT2D eigenvalue weighted by Crippen LogP contribution is -2.58. The summed E-state index contributed by atoms with van der Waals surface area (Å²) in [5, 5.41) is -0.0256. The van der Waals surface area contributed by atoms with Crippen molar-refractivity contribution in [3.05, 3.63) is 0 Å². The maximum Gasteiger partial charge on any atom is 0.303 e. The monoisotopic (exact) mass is 304 g/mol. The van der Waals surface area contributed by atoms with E-state index in [-0.39, 0.29) is 5.05 Å². The van der Waals surface area contributed by atoms with Crippen LogP contribution in [-0.4, -0.2) is 47.4 Å². The third-order valence-corrected chi connectivity index (χ3v) is 2.84. The van der Waals surface area contributed by atoms with Crippen LogP contribution in [0.5, 0.6) is 0 Å². The zero-order chi connectivity index (χ0) is 15.4. The summed E-state index contributed by atoms with van der Waals surface area (Å²) in [6.07, 6.45) is -3.65. The van der Waals surface area contributed by atoms with Gasteiger partial charge in [-0.3, -0.25) is 14.4 Å². The van der Waals surface area contributed by atoms with Crippen LogP contribution in [0.4, 0.5) is 0 Å². The molecule has 1 saturated heterocycles. The quantitative estimate of drug-likeness (QED) is 0.424. The number of hydrogen-bond donors (Lipinski definition) is 0. The molecule has 1 aliphatic heterocycles. The maximum atomic E-state index is 11.2. The van der Waals surface area contributed by atoms with Crippen LogP contribution in [0.2, 0.25) is 0 Å². The molecule has 8 heteroatoms. The Balaban J connectivity index is 3.05. The summed E-state index contributed by atoms with van der Waals surface area (Å²) >= 11 is 4.99. The van der Waals surface area contributed by atoms with Crippen LogP contribution in [0.1, 0.15) is 27.7 Å². The normalized spacial score (nSPS) is 29.1. The number of esters is 3. The van der Waals surface area contributed by atoms with Crippen LogP contribution in [0, 0.1) is 0 Å². The summed E-state index contributed by atoms with van der Waals surface area (Å²) < 4.78 is 20.5. The number of ether oxygens (including phenoxy) is 4. The molecule has 20 heavy (non-hydrogen) atoms. The zero-order valence-corrected chi connectivity index (χ0v) is 12.4. The van der Waals surface area contributed by atoms with Crippen molar-refractivity contribution in [2.45, 2.75) is 52.1 Å². The van der Waals surface area contributed by atoms with E-state index in [9.17, 15) is 14.4 Å². The first-order chi connectivity index (χ1) is 9.22. The topological polar surface area (TPSA) is 88.1 Å². The molecule has 0 aliphatic carbocycles. The molecule has 0 aromatic carbocycles. The van der Waals surface area contributed by atoms with Gasteiger partial charge in [-0.05, 0) is 19.1 Å². The first kappa shape index (κ1) is 16.4. The van der Waals surface area contributed by atoms with E-state index in [0.717, 1.165) is 0 Å². The van der Waals surface area contributed by atoms with E-state index < -0.39 is 42.3 Å². The molecule has 0 saturated carbocycles. The standard InChI is InChI=1S/C12H16O7S/c1-5-9(17-6(2)13)10(18-7(3)14)11(12(20)16-5)19-8(4)15/h5,9-11H,1-4H3. The van der Waals surface area contributed by atoms with E-state index in [1.54, 1.807) is 6.92 Å². The summed E-state index contributed by atoms with van der Waals surface area (Å²) in [5.41, 5.74) is 0. The van der Waals surface area contributed by atoms with Crippen molar-refractivity contribution in [1.82, 2.24) is 0 Å². The molecule has 1 heterocycles. The second-order valence-electron chi connectivity index (χ2n) is 4.32. The van der Waals surface area contributed by atoms with Gasteiger partial charge in [-0.25, -0.2) is 0 Å². The van der Waals surface area contributed by atoms with Crippen LogP contribution < -0.4 is 0 Å². The van der Waals surface area contributed by atoms with Gasteiger partial charge in [0.25, 0.3) is 0 Å². The van der Waals surface area contributed by atoms with Crippen LogP contribution in [0.3, 0.4) is 0 Å². The van der Waals surface area contributed by atoms with Crippen molar-refractivity contribution >= 4 is 35.2 Å². The van der Waals surface area contributed by atoms with Gasteiger partial charge in [-0.1, -0.05) is 0 Å². The van der Waals surface area contributed by atoms with Crippen molar-refractivity contribution in [1.29, 1.82) is 0 Å². The fourth-order valence-corrected chi connectivity index (χ4v) is 2.19. The highest BCUT2D eigenvalue weighted by atomic mass is 32.1. The molecule has 4 unspecified atom stereocenters. The van der Waals surface area contributed by atoms with E-state index in [1.807, 2.05) is 0 Å². The third-order valence-electron chi connectivity index (χ3n) is 2.52. The number of carbonyl (C=O) groups excluding carboxylic acids is 3. The van der Waals surface area contributed by atoms with Crippen LogP contribution in [0.25, 0.3) is 0 Å². The highest BCUT2D eigenvalue weighted by Crippen LogP contribution is 2.25. The Bertz CT molecular complexity index is 434. The van der Waals surface area contributed by atoms with Gasteiger partial charge in [0.2, 0.25) is 11.2 Å². The molecule has 0 N–H and O–H groups in total. The number of carbonyl (C=O) groups is 3. The van der Waals surface area contributed by atoms with Gasteiger partial charge in [0.15, 0.2) is 12.2 Å². The lowest BCUT2D eigenvalue weighted by molar-refractivity contribution is -0.193. The van der Waals surface area contributed by atoms with E-state index in [1.165, 1.54) is 20.8 Å². The lowest BCUT2D eigenvalue weighted by Gasteiger charge is -2.39. The molecule has 0 aromatic heterocycles. The molecule has 0 bridgehead atoms. The van der Waals surface area contributed by atoms with Crippen molar-refractivity contribution in [2.24, 2.45) is 0 Å². The smallest absolute Gasteiger partial charge is 0.303 e. The zero-order valence-electron chi connectivity index (χ0n) is 11.6. The summed E-state index contributed by atoms with van der Waals surface area (Å²) in [6.45, 7) is 5.21. The van der Waals surface area contributed by atoms with Gasteiger partial charge in [-0.2, -0.15) is 0 Å². The van der Waals surface area contributed by atoms with Gasteiger partial charge < -0.3 is 18.9 Å². The highest BCUT2D eigenvalue weighted by Gasteiger charge is 2.48. The first-order valence-electron chi connectivity index (χ1n) is 5.94. The molecular weight excluding hydrogens is 288 g/mol. The van der Waals surface area contributed by atoms with Crippen molar-refractivity contribution in [2.75, 3.05) is 0 Å². The van der Waals surface area contributed by atoms with Gasteiger partial charge >= 0.3 is 17.9 Å². The number of thiocarbonyl (C=S) groups is 1. The average Bonchev–Trinajstić information content (AvgIpc) is 2.27. The molecule has 0 aromatic rings. The van der Waals surface area contributed by atoms with Gasteiger partial charge in [0.05, 0.1) is 0 Å². The molecule has 112 valence electrons. The minimum absolute atomic E-state index is 0.0256. The Morgan fingerprint density at radius 2 is 1.40 bits per heavy atom. The Morgan fingerprint density at radius 1 is 0.950 bits per heavy atom. The van der Waals surface area contributed by atoms with Gasteiger partial charge in [-0.15, -0.1) is 0 Å². The first-order valence-corrected chi connectivity index (χ1v) is 6.35. The average molecular weight is 304 g/mol. The minimum atomic E-state index is -1.09. The van der Waals surface area contributed by atoms with E-state index >= 15 is 0 Å². The third kappa shape index (κ3) is 4.16. The van der Waals surface area contributed by atoms with Crippen molar-refractivity contribution in [3.63, 3.8) is 0 Å². The summed E-state index contributed by atoms with van der Waals surface area (Å²) in [7, 11) is 0. The van der Waals surface area contributed by atoms with E-state index in [4.69, 9.17) is 31.2 Å². The lowest BCUT2D eigenvalue weighted by atomic mass is 10.00. The number of rotatable bonds is 3. The molecule has 1 aliphatic rings. The van der Waals surface area contributed by atoms with Crippen LogP contribution >= 0.6 is 12.2 Å². The Hall–Kier alpha value is -1.70. The number of hydrogen-bond acceptors (Lipinski definition) is 8. The highest BCUT2D eigenvalue weighted by molar-refractivity contribution is 7.80. The summed E-state index contributed by atoms with van der Waals surface area (Å²) in [6, 6.07) is 0. The minimum Gasteiger partial charge on any atom is -0.476 e. The van der Waals surface area contributed by atoms with Gasteiger partial charge in [0, 0.05) is 20.8 Å². The van der Waals surface area contributed by atoms with E-state index in [2.05, 4.69) is 0 Å². The predicted molar refractivity (Wildman–Crippen MR) is 69.8 cm³/mol. The fourth-order valence-electron chi connectivity index (χ4n) is 1.86. The van der Waals surface area contributed by atoms with Crippen LogP contribution in [-0.2, 0) is 33.3 Å². The second kappa shape index (κ2) is 6.65. The Kier molecular flexibility index (Phi) is 5.43. The van der Waals surface area contributed by atoms with Crippen molar-refractivity contribution < 1.29 is 33.3 Å². The SMILES string of the molecule is CC(=O)OC1C(=S)OC(C)C(OC(C)=O)C1OC(C)=O. The molecule has 4 atom stereocenters. The largest absolute Gasteiger partial charge is 0.476 e. The maximum absolute atomic E-state index is 11.2. The molecule has 7 nitrogen and oxygen atoms in total. The predicted octanol–water partition coefficient (Wildman–Crippen LogP) is 0.528.